The standard InChI is InChI=1S/C14H17ClN2O3/c15-14(19)20-13(11-4-2-1-3-5-11)17-8-6-10(7-9-17)12(16)18/h1-5,10,13H,6-9H2,(H2,16,18). The number of piperidine rings is 1. The number of rotatable bonds is 4. The van der Waals surface area contributed by atoms with Crippen LogP contribution in [0.1, 0.15) is 24.6 Å². The number of primary amides is 1. The van der Waals surface area contributed by atoms with Gasteiger partial charge in [0.1, 0.15) is 0 Å². The van der Waals surface area contributed by atoms with Crippen LogP contribution in [0, 0.1) is 5.92 Å². The van der Waals surface area contributed by atoms with E-state index in [0.717, 1.165) is 5.56 Å². The number of carbonyl (C=O) groups excluding carboxylic acids is 2. The highest BCUT2D eigenvalue weighted by molar-refractivity contribution is 6.61. The lowest BCUT2D eigenvalue weighted by Gasteiger charge is -2.35. The number of benzene rings is 1. The van der Waals surface area contributed by atoms with Crippen molar-refractivity contribution in [2.75, 3.05) is 13.1 Å². The Bertz CT molecular complexity index is 473. The second-order valence-corrected chi connectivity index (χ2v) is 5.14. The molecule has 0 saturated carbocycles. The largest absolute Gasteiger partial charge is 0.430 e. The van der Waals surface area contributed by atoms with Crippen LogP contribution in [0.4, 0.5) is 4.79 Å². The predicted molar refractivity (Wildman–Crippen MR) is 75.0 cm³/mol. The topological polar surface area (TPSA) is 72.6 Å². The van der Waals surface area contributed by atoms with E-state index in [-0.39, 0.29) is 11.8 Å². The van der Waals surface area contributed by atoms with Crippen molar-refractivity contribution < 1.29 is 14.3 Å². The van der Waals surface area contributed by atoms with Gasteiger partial charge in [-0.05, 0) is 12.8 Å². The Hall–Kier alpha value is -1.59. The maximum atomic E-state index is 11.2. The minimum atomic E-state index is -0.837. The molecule has 1 unspecified atom stereocenters. The Morgan fingerprint density at radius 1 is 1.25 bits per heavy atom. The minimum Gasteiger partial charge on any atom is -0.430 e. The number of hydrogen-bond acceptors (Lipinski definition) is 4. The maximum absolute atomic E-state index is 11.2. The molecule has 1 fully saturated rings. The first-order valence-electron chi connectivity index (χ1n) is 6.52. The van der Waals surface area contributed by atoms with Crippen molar-refractivity contribution in [2.24, 2.45) is 11.7 Å². The normalized spacial score (nSPS) is 18.4. The van der Waals surface area contributed by atoms with Gasteiger partial charge in [-0.15, -0.1) is 0 Å². The molecule has 1 aliphatic rings. The molecule has 2 N–H and O–H groups in total. The first-order valence-corrected chi connectivity index (χ1v) is 6.90. The quantitative estimate of drug-likeness (QED) is 0.865. The molecule has 1 atom stereocenters. The number of likely N-dealkylation sites (tertiary alicyclic amines) is 1. The summed E-state index contributed by atoms with van der Waals surface area (Å²) in [5, 5.41) is 0. The fraction of sp³-hybridized carbons (Fsp3) is 0.429. The number of hydrogen-bond donors (Lipinski definition) is 1. The highest BCUT2D eigenvalue weighted by Gasteiger charge is 2.30. The lowest BCUT2D eigenvalue weighted by atomic mass is 9.95. The smallest absolute Gasteiger partial charge is 0.405 e. The summed E-state index contributed by atoms with van der Waals surface area (Å²) in [4.78, 5) is 24.3. The third-order valence-corrected chi connectivity index (χ3v) is 3.64. The first kappa shape index (κ1) is 14.8. The van der Waals surface area contributed by atoms with E-state index in [4.69, 9.17) is 22.1 Å². The van der Waals surface area contributed by atoms with E-state index in [1.165, 1.54) is 0 Å². The molecule has 1 heterocycles. The van der Waals surface area contributed by atoms with Gasteiger partial charge >= 0.3 is 5.43 Å². The van der Waals surface area contributed by atoms with E-state index in [2.05, 4.69) is 0 Å². The molecule has 1 aliphatic heterocycles. The van der Waals surface area contributed by atoms with Crippen LogP contribution in [-0.2, 0) is 9.53 Å². The van der Waals surface area contributed by atoms with E-state index in [9.17, 15) is 9.59 Å². The van der Waals surface area contributed by atoms with Gasteiger partial charge in [0.05, 0.1) is 0 Å². The highest BCUT2D eigenvalue weighted by atomic mass is 35.5. The SMILES string of the molecule is NC(=O)C1CCN(C(OC(=O)Cl)c2ccccc2)CC1. The maximum Gasteiger partial charge on any atom is 0.405 e. The molecule has 1 amide bonds. The van der Waals surface area contributed by atoms with Crippen LogP contribution in [0.5, 0.6) is 0 Å². The number of nitrogens with zero attached hydrogens (tertiary/aromatic N) is 1. The summed E-state index contributed by atoms with van der Waals surface area (Å²) in [6, 6.07) is 9.40. The van der Waals surface area contributed by atoms with Gasteiger partial charge in [-0.2, -0.15) is 0 Å². The summed E-state index contributed by atoms with van der Waals surface area (Å²) in [6.45, 7) is 1.27. The van der Waals surface area contributed by atoms with Crippen molar-refractivity contribution in [1.29, 1.82) is 0 Å². The summed E-state index contributed by atoms with van der Waals surface area (Å²) in [6.07, 6.45) is 0.812. The number of ether oxygens (including phenoxy) is 1. The summed E-state index contributed by atoms with van der Waals surface area (Å²) in [5.41, 5.74) is 5.34. The van der Waals surface area contributed by atoms with Crippen molar-refractivity contribution >= 4 is 22.9 Å². The lowest BCUT2D eigenvalue weighted by Crippen LogP contribution is -2.41. The Balaban J connectivity index is 2.09. The number of amides is 1. The molecular weight excluding hydrogens is 280 g/mol. The zero-order valence-corrected chi connectivity index (χ0v) is 11.8. The van der Waals surface area contributed by atoms with E-state index in [0.29, 0.717) is 25.9 Å². The fourth-order valence-electron chi connectivity index (χ4n) is 2.48. The second kappa shape index (κ2) is 6.72. The monoisotopic (exact) mass is 296 g/mol. The van der Waals surface area contributed by atoms with Crippen molar-refractivity contribution in [1.82, 2.24) is 4.90 Å². The van der Waals surface area contributed by atoms with Gasteiger partial charge in [0.25, 0.3) is 0 Å². The van der Waals surface area contributed by atoms with Crippen molar-refractivity contribution in [2.45, 2.75) is 19.1 Å². The van der Waals surface area contributed by atoms with E-state index in [1.807, 2.05) is 35.2 Å². The number of halogens is 1. The average Bonchev–Trinajstić information content (AvgIpc) is 2.45. The summed E-state index contributed by atoms with van der Waals surface area (Å²) in [5.74, 6) is -0.371. The van der Waals surface area contributed by atoms with Crippen LogP contribution in [-0.4, -0.2) is 29.3 Å². The summed E-state index contributed by atoms with van der Waals surface area (Å²) < 4.78 is 5.21. The zero-order chi connectivity index (χ0) is 14.5. The third kappa shape index (κ3) is 3.71. The minimum absolute atomic E-state index is 0.102. The van der Waals surface area contributed by atoms with Gasteiger partial charge < -0.3 is 10.5 Å². The van der Waals surface area contributed by atoms with Crippen LogP contribution in [0.15, 0.2) is 30.3 Å². The molecule has 2 rings (SSSR count). The van der Waals surface area contributed by atoms with Gasteiger partial charge in [-0.25, -0.2) is 4.79 Å². The predicted octanol–water partition coefficient (Wildman–Crippen LogP) is 2.26. The summed E-state index contributed by atoms with van der Waals surface area (Å²) in [7, 11) is 0. The Kier molecular flexibility index (Phi) is 4.98. The Labute approximate surface area is 122 Å². The van der Waals surface area contributed by atoms with Crippen LogP contribution in [0.3, 0.4) is 0 Å². The molecule has 1 aromatic carbocycles. The van der Waals surface area contributed by atoms with E-state index < -0.39 is 11.7 Å². The molecule has 108 valence electrons. The molecule has 0 bridgehead atoms. The highest BCUT2D eigenvalue weighted by Crippen LogP contribution is 2.28. The number of carbonyl (C=O) groups is 2. The lowest BCUT2D eigenvalue weighted by molar-refractivity contribution is -0.124. The first-order chi connectivity index (χ1) is 9.58. The fourth-order valence-corrected chi connectivity index (χ4v) is 2.56. The van der Waals surface area contributed by atoms with Crippen LogP contribution >= 0.6 is 11.6 Å². The van der Waals surface area contributed by atoms with Gasteiger partial charge in [0.2, 0.25) is 5.91 Å². The molecule has 6 heteroatoms. The van der Waals surface area contributed by atoms with Gasteiger partial charge in [-0.3, -0.25) is 9.69 Å². The third-order valence-electron chi connectivity index (χ3n) is 3.55. The molecule has 0 aromatic heterocycles. The molecular formula is C14H17ClN2O3. The van der Waals surface area contributed by atoms with Crippen molar-refractivity contribution in [3.8, 4) is 0 Å². The van der Waals surface area contributed by atoms with E-state index in [1.54, 1.807) is 0 Å². The Morgan fingerprint density at radius 3 is 2.35 bits per heavy atom. The average molecular weight is 297 g/mol. The van der Waals surface area contributed by atoms with Crippen LogP contribution in [0.25, 0.3) is 0 Å². The van der Waals surface area contributed by atoms with Crippen LogP contribution < -0.4 is 5.73 Å². The zero-order valence-electron chi connectivity index (χ0n) is 11.0. The summed E-state index contributed by atoms with van der Waals surface area (Å²) >= 11 is 5.36. The molecule has 5 nitrogen and oxygen atoms in total. The van der Waals surface area contributed by atoms with Gasteiger partial charge in [-0.1, -0.05) is 30.3 Å². The van der Waals surface area contributed by atoms with Gasteiger partial charge in [0.15, 0.2) is 6.23 Å². The molecule has 1 aromatic rings. The number of nitrogens with two attached hydrogens (primary N) is 1. The molecule has 0 aliphatic carbocycles. The second-order valence-electron chi connectivity index (χ2n) is 4.83. The molecule has 1 saturated heterocycles. The Morgan fingerprint density at radius 2 is 1.85 bits per heavy atom. The molecule has 20 heavy (non-hydrogen) atoms. The van der Waals surface area contributed by atoms with Gasteiger partial charge in [0, 0.05) is 36.2 Å². The van der Waals surface area contributed by atoms with Crippen molar-refractivity contribution in [3.63, 3.8) is 0 Å². The van der Waals surface area contributed by atoms with E-state index >= 15 is 0 Å². The van der Waals surface area contributed by atoms with Crippen molar-refractivity contribution in [3.05, 3.63) is 35.9 Å². The molecule has 0 spiro atoms. The van der Waals surface area contributed by atoms with Crippen LogP contribution in [0.2, 0.25) is 0 Å². The molecule has 0 radical (unpaired) electrons.